The van der Waals surface area contributed by atoms with Crippen LogP contribution in [0.2, 0.25) is 0 Å². The highest BCUT2D eigenvalue weighted by Crippen LogP contribution is 2.31. The summed E-state index contributed by atoms with van der Waals surface area (Å²) >= 11 is 1.69. The lowest BCUT2D eigenvalue weighted by Crippen LogP contribution is -2.34. The molecule has 0 radical (unpaired) electrons. The maximum absolute atomic E-state index is 13.7. The number of likely N-dealkylation sites (N-methyl/N-ethyl adjacent to an activating group) is 1. The van der Waals surface area contributed by atoms with E-state index >= 15 is 0 Å². The van der Waals surface area contributed by atoms with Gasteiger partial charge in [0.05, 0.1) is 11.3 Å². The number of aliphatic imine (C=N–C) groups is 1. The number of hydrogen-bond donors (Lipinski definition) is 1. The van der Waals surface area contributed by atoms with E-state index in [0.29, 0.717) is 24.5 Å². The van der Waals surface area contributed by atoms with Crippen LogP contribution in [0, 0.1) is 0 Å². The number of nitrogens with one attached hydrogen (secondary N) is 1. The fourth-order valence-electron chi connectivity index (χ4n) is 3.72. The second-order valence-electron chi connectivity index (χ2n) is 8.46. The molecule has 1 unspecified atom stereocenters. The highest BCUT2D eigenvalue weighted by atomic mass is 32.1. The van der Waals surface area contributed by atoms with Gasteiger partial charge in [-0.2, -0.15) is 0 Å². The van der Waals surface area contributed by atoms with Gasteiger partial charge in [-0.1, -0.05) is 25.3 Å². The first-order chi connectivity index (χ1) is 16.8. The lowest BCUT2D eigenvalue weighted by molar-refractivity contribution is -0.114. The average molecular weight is 494 g/mol. The molecule has 1 aliphatic rings. The maximum atomic E-state index is 13.7. The predicted octanol–water partition coefficient (Wildman–Crippen LogP) is 4.30. The zero-order chi connectivity index (χ0) is 25.4. The van der Waals surface area contributed by atoms with Crippen LogP contribution in [-0.2, 0) is 4.79 Å². The van der Waals surface area contributed by atoms with E-state index in [2.05, 4.69) is 34.9 Å². The minimum absolute atomic E-state index is 0.0596. The summed E-state index contributed by atoms with van der Waals surface area (Å²) in [6, 6.07) is 11.9. The Morgan fingerprint density at radius 3 is 2.77 bits per heavy atom. The molecule has 0 saturated heterocycles. The number of rotatable bonds is 11. The number of anilines is 1. The minimum Gasteiger partial charge on any atom is -0.485 e. The molecule has 3 rings (SSSR count). The number of carbonyl (C=O) groups is 1. The van der Waals surface area contributed by atoms with Crippen LogP contribution in [0.15, 0.2) is 83.1 Å². The first kappa shape index (κ1) is 26.2. The number of nitrogens with zero attached hydrogens (tertiary/aromatic N) is 4. The summed E-state index contributed by atoms with van der Waals surface area (Å²) in [7, 11) is 7.62. The Bertz CT molecular complexity index is 1090. The molecule has 0 saturated carbocycles. The third-order valence-corrected chi connectivity index (χ3v) is 6.76. The first-order valence-corrected chi connectivity index (χ1v) is 12.5. The number of benzene rings is 1. The van der Waals surface area contributed by atoms with Crippen molar-refractivity contribution < 1.29 is 9.53 Å². The second-order valence-corrected chi connectivity index (χ2v) is 9.44. The number of ether oxygens (including phenoxy) is 1. The van der Waals surface area contributed by atoms with Crippen molar-refractivity contribution in [2.24, 2.45) is 4.99 Å². The van der Waals surface area contributed by atoms with Crippen LogP contribution in [0.25, 0.3) is 0 Å². The number of hydrogen-bond acceptors (Lipinski definition) is 7. The van der Waals surface area contributed by atoms with Gasteiger partial charge in [0.15, 0.2) is 0 Å². The van der Waals surface area contributed by atoms with Gasteiger partial charge >= 0.3 is 0 Å². The van der Waals surface area contributed by atoms with Gasteiger partial charge in [0.2, 0.25) is 0 Å². The van der Waals surface area contributed by atoms with E-state index in [0.717, 1.165) is 30.1 Å². The molecule has 8 heteroatoms. The van der Waals surface area contributed by atoms with Crippen LogP contribution in [0.3, 0.4) is 0 Å². The third kappa shape index (κ3) is 6.61. The van der Waals surface area contributed by atoms with Crippen LogP contribution < -0.4 is 15.0 Å². The van der Waals surface area contributed by atoms with Gasteiger partial charge in [0.25, 0.3) is 5.91 Å². The van der Waals surface area contributed by atoms with Gasteiger partial charge < -0.3 is 24.8 Å². The Labute approximate surface area is 212 Å². The van der Waals surface area contributed by atoms with Gasteiger partial charge in [-0.15, -0.1) is 11.3 Å². The zero-order valence-electron chi connectivity index (χ0n) is 21.0. The van der Waals surface area contributed by atoms with Crippen molar-refractivity contribution in [3.63, 3.8) is 0 Å². The highest BCUT2D eigenvalue weighted by molar-refractivity contribution is 7.10. The number of allylic oxidation sites excluding steroid dienone is 1. The quantitative estimate of drug-likeness (QED) is 0.473. The molecule has 0 aliphatic carbocycles. The van der Waals surface area contributed by atoms with Crippen molar-refractivity contribution in [3.05, 3.63) is 83.0 Å². The summed E-state index contributed by atoms with van der Waals surface area (Å²) in [6.07, 6.45) is 4.07. The smallest absolute Gasteiger partial charge is 0.262 e. The Hall–Kier alpha value is -3.36. The number of carbonyl (C=O) groups excluding carboxylic acids is 1. The van der Waals surface area contributed by atoms with Gasteiger partial charge in [-0.05, 0) is 43.2 Å². The van der Waals surface area contributed by atoms with Gasteiger partial charge in [0.1, 0.15) is 17.7 Å². The van der Waals surface area contributed by atoms with E-state index in [4.69, 9.17) is 4.74 Å². The van der Waals surface area contributed by atoms with E-state index in [1.165, 1.54) is 4.88 Å². The molecular weight excluding hydrogens is 458 g/mol. The molecule has 7 nitrogen and oxygen atoms in total. The summed E-state index contributed by atoms with van der Waals surface area (Å²) in [4.78, 5) is 24.9. The Balaban J connectivity index is 1.91. The van der Waals surface area contributed by atoms with Crippen LogP contribution in [0.5, 0.6) is 5.75 Å². The summed E-state index contributed by atoms with van der Waals surface area (Å²) < 4.78 is 6.40. The van der Waals surface area contributed by atoms with Crippen molar-refractivity contribution in [1.29, 1.82) is 0 Å². The molecule has 35 heavy (non-hydrogen) atoms. The summed E-state index contributed by atoms with van der Waals surface area (Å²) in [5.74, 6) is 1.15. The van der Waals surface area contributed by atoms with Crippen molar-refractivity contribution in [2.75, 3.05) is 52.7 Å². The number of thiophene rings is 1. The lowest BCUT2D eigenvalue weighted by atomic mass is 10.1. The van der Waals surface area contributed by atoms with Gasteiger partial charge in [-0.3, -0.25) is 4.79 Å². The number of amides is 1. The first-order valence-electron chi connectivity index (χ1n) is 11.6. The second kappa shape index (κ2) is 12.4. The Morgan fingerprint density at radius 1 is 1.31 bits per heavy atom. The van der Waals surface area contributed by atoms with Crippen molar-refractivity contribution in [1.82, 2.24) is 15.1 Å². The fourth-order valence-corrected chi connectivity index (χ4v) is 4.51. The van der Waals surface area contributed by atoms with Gasteiger partial charge in [-0.25, -0.2) is 4.99 Å². The Morgan fingerprint density at radius 2 is 2.11 bits per heavy atom. The zero-order valence-corrected chi connectivity index (χ0v) is 21.8. The van der Waals surface area contributed by atoms with E-state index in [1.807, 2.05) is 63.4 Å². The highest BCUT2D eigenvalue weighted by Gasteiger charge is 2.27. The largest absolute Gasteiger partial charge is 0.485 e. The summed E-state index contributed by atoms with van der Waals surface area (Å²) in [6.45, 7) is 9.89. The Kier molecular flexibility index (Phi) is 9.28. The molecule has 0 fully saturated rings. The van der Waals surface area contributed by atoms with Crippen LogP contribution in [-0.4, -0.2) is 69.7 Å². The van der Waals surface area contributed by atoms with Crippen LogP contribution >= 0.6 is 11.3 Å². The SMILES string of the molecule is C=CC1=C(/C=N\C(=C)N(C)C)C(=O)N(c2cccc(OC(CCNC)c3cccs3)c2)CCN1C. The normalized spacial score (nSPS) is 15.4. The van der Waals surface area contributed by atoms with Crippen LogP contribution in [0.4, 0.5) is 5.69 Å². The maximum Gasteiger partial charge on any atom is 0.262 e. The lowest BCUT2D eigenvalue weighted by Gasteiger charge is -2.24. The van der Waals surface area contributed by atoms with Crippen molar-refractivity contribution >= 4 is 29.1 Å². The standard InChI is InChI=1S/C27H35N5O2S/c1-7-24-23(19-29-20(2)30(4)5)27(33)32(16-15-31(24)6)21-10-8-11-22(18-21)34-25(13-14-28-3)26-12-9-17-35-26/h7-12,17-19,25,28H,1-2,13-16H2,3-6H3/b29-19-. The molecule has 1 atom stereocenters. The monoisotopic (exact) mass is 493 g/mol. The molecule has 1 aromatic carbocycles. The van der Waals surface area contributed by atoms with E-state index < -0.39 is 0 Å². The molecule has 1 N–H and O–H groups in total. The summed E-state index contributed by atoms with van der Waals surface area (Å²) in [5, 5.41) is 5.26. The van der Waals surface area contributed by atoms with E-state index in [1.54, 1.807) is 33.4 Å². The van der Waals surface area contributed by atoms with Gasteiger partial charge in [0, 0.05) is 63.5 Å². The molecule has 1 amide bonds. The molecule has 0 bridgehead atoms. The molecule has 1 aromatic heterocycles. The molecule has 2 aromatic rings. The van der Waals surface area contributed by atoms with E-state index in [-0.39, 0.29) is 12.0 Å². The molecular formula is C27H35N5O2S. The predicted molar refractivity (Wildman–Crippen MR) is 146 cm³/mol. The fraction of sp³-hybridized carbons (Fsp3) is 0.333. The minimum atomic E-state index is -0.137. The topological polar surface area (TPSA) is 60.4 Å². The van der Waals surface area contributed by atoms with Crippen molar-refractivity contribution in [3.8, 4) is 5.75 Å². The molecule has 1 aliphatic heterocycles. The van der Waals surface area contributed by atoms with E-state index in [9.17, 15) is 4.79 Å². The average Bonchev–Trinajstić information content (AvgIpc) is 3.35. The summed E-state index contributed by atoms with van der Waals surface area (Å²) in [5.41, 5.74) is 1.99. The third-order valence-electron chi connectivity index (χ3n) is 5.80. The molecule has 2 heterocycles. The molecule has 0 spiro atoms. The van der Waals surface area contributed by atoms with Crippen LogP contribution in [0.1, 0.15) is 17.4 Å². The molecule has 186 valence electrons. The van der Waals surface area contributed by atoms with Crippen molar-refractivity contribution in [2.45, 2.75) is 12.5 Å².